The van der Waals surface area contributed by atoms with Gasteiger partial charge in [-0.15, -0.1) is 0 Å². The van der Waals surface area contributed by atoms with Crippen molar-refractivity contribution in [3.63, 3.8) is 0 Å². The van der Waals surface area contributed by atoms with E-state index in [1.807, 2.05) is 0 Å². The Balaban J connectivity index is 1.10. The van der Waals surface area contributed by atoms with E-state index in [4.69, 9.17) is 0 Å². The summed E-state index contributed by atoms with van der Waals surface area (Å²) in [4.78, 5) is 8.45. The van der Waals surface area contributed by atoms with Gasteiger partial charge in [0.05, 0.1) is 5.54 Å². The van der Waals surface area contributed by atoms with Crippen LogP contribution in [-0.2, 0) is 16.2 Å². The zero-order valence-electron chi connectivity index (χ0n) is 39.3. The Hall–Kier alpha value is -5.74. The summed E-state index contributed by atoms with van der Waals surface area (Å²) >= 11 is 0. The first-order valence-electron chi connectivity index (χ1n) is 24.9. The zero-order chi connectivity index (χ0) is 43.9. The highest BCUT2D eigenvalue weighted by atomic mass is 15.3. The molecule has 0 bridgehead atoms. The largest absolute Gasteiger partial charge is 0.339 e. The Morgan fingerprint density at radius 2 is 1.25 bits per heavy atom. The lowest BCUT2D eigenvalue weighted by Gasteiger charge is -2.54. The summed E-state index contributed by atoms with van der Waals surface area (Å²) in [6.07, 6.45) is 12.6. The smallest absolute Gasteiger partial charge is 0.252 e. The highest BCUT2D eigenvalue weighted by Gasteiger charge is 2.59. The lowest BCUT2D eigenvalue weighted by Crippen LogP contribution is -2.68. The Labute approximate surface area is 387 Å². The number of para-hydroxylation sites is 1. The number of benzene rings is 6. The van der Waals surface area contributed by atoms with Gasteiger partial charge in [0.2, 0.25) is 0 Å². The fourth-order valence-electron chi connectivity index (χ4n) is 15.4. The lowest BCUT2D eigenvalue weighted by molar-refractivity contribution is 0.195. The van der Waals surface area contributed by atoms with Crippen LogP contribution in [0.1, 0.15) is 115 Å². The van der Waals surface area contributed by atoms with Crippen molar-refractivity contribution in [1.29, 1.82) is 0 Å². The maximum atomic E-state index is 2.92. The third kappa shape index (κ3) is 4.74. The van der Waals surface area contributed by atoms with Crippen molar-refractivity contribution >= 4 is 62.9 Å². The number of hydrogen-bond acceptors (Lipinski definition) is 3. The van der Waals surface area contributed by atoms with E-state index < -0.39 is 0 Å². The molecule has 0 spiro atoms. The van der Waals surface area contributed by atoms with E-state index in [-0.39, 0.29) is 28.5 Å². The summed E-state index contributed by atoms with van der Waals surface area (Å²) in [5.74, 6) is 1.70. The molecule has 65 heavy (non-hydrogen) atoms. The Bertz CT molecular complexity index is 3100. The second-order valence-electron chi connectivity index (χ2n) is 22.9. The molecule has 4 aliphatic carbocycles. The van der Waals surface area contributed by atoms with E-state index in [2.05, 4.69) is 203 Å². The summed E-state index contributed by atoms with van der Waals surface area (Å²) in [7, 11) is 0. The number of allylic oxidation sites excluding steroid dienone is 3. The minimum absolute atomic E-state index is 0.0560. The van der Waals surface area contributed by atoms with Crippen molar-refractivity contribution in [3.8, 4) is 0 Å². The molecule has 0 saturated heterocycles. The van der Waals surface area contributed by atoms with Gasteiger partial charge in [0.15, 0.2) is 0 Å². The third-order valence-corrected chi connectivity index (χ3v) is 18.8. The van der Waals surface area contributed by atoms with E-state index in [1.54, 1.807) is 11.1 Å². The Morgan fingerprint density at radius 3 is 2.00 bits per heavy atom. The molecule has 4 heterocycles. The maximum Gasteiger partial charge on any atom is 0.252 e. The molecule has 14 rings (SSSR count). The van der Waals surface area contributed by atoms with E-state index in [0.29, 0.717) is 23.8 Å². The van der Waals surface area contributed by atoms with E-state index >= 15 is 0 Å². The summed E-state index contributed by atoms with van der Waals surface area (Å²) in [6, 6.07) is 50.8. The van der Waals surface area contributed by atoms with Gasteiger partial charge >= 0.3 is 0 Å². The molecule has 0 aromatic heterocycles. The quantitative estimate of drug-likeness (QED) is 0.129. The average molecular weight is 846 g/mol. The van der Waals surface area contributed by atoms with Crippen molar-refractivity contribution in [2.45, 2.75) is 115 Å². The molecule has 0 amide bonds. The van der Waals surface area contributed by atoms with Gasteiger partial charge in [-0.1, -0.05) is 156 Å². The van der Waals surface area contributed by atoms with Crippen LogP contribution in [0.5, 0.6) is 0 Å². The van der Waals surface area contributed by atoms with Crippen LogP contribution in [0.3, 0.4) is 0 Å². The molecule has 6 aromatic rings. The van der Waals surface area contributed by atoms with Crippen LogP contribution in [0, 0.1) is 17.8 Å². The van der Waals surface area contributed by atoms with Gasteiger partial charge in [-0.25, -0.2) is 0 Å². The molecule has 6 aromatic carbocycles. The van der Waals surface area contributed by atoms with Crippen LogP contribution in [0.15, 0.2) is 151 Å². The second-order valence-corrected chi connectivity index (χ2v) is 22.9. The van der Waals surface area contributed by atoms with Crippen LogP contribution in [0.4, 0.5) is 39.8 Å². The monoisotopic (exact) mass is 845 g/mol. The fourth-order valence-corrected chi connectivity index (χ4v) is 15.4. The van der Waals surface area contributed by atoms with Crippen molar-refractivity contribution in [2.24, 2.45) is 17.8 Å². The third-order valence-electron chi connectivity index (χ3n) is 18.8. The average Bonchev–Trinajstić information content (AvgIpc) is 3.51. The van der Waals surface area contributed by atoms with Gasteiger partial charge in [-0.3, -0.25) is 0 Å². The predicted molar refractivity (Wildman–Crippen MR) is 273 cm³/mol. The fraction of sp³-hybridized carbons (Fsp3) is 0.344. The Morgan fingerprint density at radius 1 is 0.600 bits per heavy atom. The molecule has 2 fully saturated rings. The van der Waals surface area contributed by atoms with Gasteiger partial charge in [0, 0.05) is 62.6 Å². The van der Waals surface area contributed by atoms with E-state index in [1.165, 1.54) is 123 Å². The highest BCUT2D eigenvalue weighted by molar-refractivity contribution is 7.01. The molecule has 4 heteroatoms. The van der Waals surface area contributed by atoms with E-state index in [9.17, 15) is 0 Å². The highest BCUT2D eigenvalue weighted by Crippen LogP contribution is 2.63. The van der Waals surface area contributed by atoms with Crippen molar-refractivity contribution in [3.05, 3.63) is 179 Å². The van der Waals surface area contributed by atoms with Gasteiger partial charge in [0.1, 0.15) is 0 Å². The van der Waals surface area contributed by atoms with E-state index in [0.717, 1.165) is 0 Å². The number of fused-ring (bicyclic) bond motifs is 3. The first kappa shape index (κ1) is 38.5. The number of rotatable bonds is 4. The molecular formula is C61H60BN3. The molecule has 3 nitrogen and oxygen atoms in total. The molecule has 4 aliphatic heterocycles. The van der Waals surface area contributed by atoms with Crippen molar-refractivity contribution in [1.82, 2.24) is 0 Å². The first-order valence-corrected chi connectivity index (χ1v) is 24.9. The molecule has 7 unspecified atom stereocenters. The molecule has 322 valence electrons. The molecule has 2 saturated carbocycles. The predicted octanol–water partition coefficient (Wildman–Crippen LogP) is 13.1. The van der Waals surface area contributed by atoms with Gasteiger partial charge in [-0.05, 0) is 143 Å². The molecule has 7 atom stereocenters. The molecule has 8 aliphatic rings. The lowest BCUT2D eigenvalue weighted by atomic mass is 9.28. The molecular weight excluding hydrogens is 786 g/mol. The summed E-state index contributed by atoms with van der Waals surface area (Å²) < 4.78 is 0. The number of hydrogen-bond donors (Lipinski definition) is 0. The molecule has 0 radical (unpaired) electrons. The van der Waals surface area contributed by atoms with Crippen LogP contribution >= 0.6 is 0 Å². The minimum Gasteiger partial charge on any atom is -0.339 e. The number of nitrogens with zero attached hydrogens (tertiary/aromatic N) is 3. The van der Waals surface area contributed by atoms with Crippen molar-refractivity contribution < 1.29 is 0 Å². The standard InChI is InChI=1S/C61H60BN3/c1-37-31-38-32-39-33-40(54(38)39)34-51(37)64-50-24-16-21-47-56(50)62-55-46(61(47,7)42-17-9-8-10-18-42)20-15-23-49(55)63(43-27-25-41(26-28-43)58(2,3)4)52-35-44(36-53(64)57(52)62)65-48-22-12-11-19-45(48)59(5)29-13-14-30-60(59,65)6/h8-12,15-28,31,33,35-37,40,51,54H,13-14,29-30,32,34H2,1-7H3. The van der Waals surface area contributed by atoms with Gasteiger partial charge in [0.25, 0.3) is 6.71 Å². The van der Waals surface area contributed by atoms with Crippen LogP contribution < -0.4 is 31.1 Å². The van der Waals surface area contributed by atoms with Gasteiger partial charge in [-0.2, -0.15) is 0 Å². The van der Waals surface area contributed by atoms with Crippen molar-refractivity contribution in [2.75, 3.05) is 14.7 Å². The summed E-state index contributed by atoms with van der Waals surface area (Å²) in [5, 5.41) is 0. The second kappa shape index (κ2) is 12.8. The first-order chi connectivity index (χ1) is 31.4. The minimum atomic E-state index is -0.349. The maximum absolute atomic E-state index is 2.92. The molecule has 0 N–H and O–H groups in total. The number of anilines is 7. The van der Waals surface area contributed by atoms with Gasteiger partial charge < -0.3 is 14.7 Å². The zero-order valence-corrected chi connectivity index (χ0v) is 39.3. The summed E-state index contributed by atoms with van der Waals surface area (Å²) in [5.41, 5.74) is 24.1. The SMILES string of the molecule is CC1C=C2CC3=CC(CC1N1c4cc(N5c6ccccc6C6(C)CCCCC56C)cc5c4B4c6c(cccc6C(C)(c6ccccc6)c6cccc1c64)N5c1ccc(C(C)(C)C)cc1)C23. The summed E-state index contributed by atoms with van der Waals surface area (Å²) in [6.45, 7) is 17.3. The van der Waals surface area contributed by atoms with Crippen LogP contribution in [0.2, 0.25) is 0 Å². The topological polar surface area (TPSA) is 9.72 Å². The Kier molecular flexibility index (Phi) is 7.58. The van der Waals surface area contributed by atoms with Crippen LogP contribution in [0.25, 0.3) is 0 Å². The van der Waals surface area contributed by atoms with Crippen LogP contribution in [-0.4, -0.2) is 18.3 Å². The normalized spacial score (nSPS) is 29.3.